The largest absolute Gasteiger partial charge is 0.393 e. The van der Waals surface area contributed by atoms with Crippen molar-refractivity contribution in [2.24, 2.45) is 5.73 Å². The molecule has 2 fully saturated rings. The van der Waals surface area contributed by atoms with Crippen molar-refractivity contribution in [3.05, 3.63) is 21.9 Å². The molecule has 0 aliphatic carbocycles. The number of amides is 1. The Kier molecular flexibility index (Phi) is 3.79. The van der Waals surface area contributed by atoms with Gasteiger partial charge in [-0.05, 0) is 31.7 Å². The number of carbonyl (C=O) groups excluding carboxylic acids is 1. The molecule has 5 heteroatoms. The van der Waals surface area contributed by atoms with Gasteiger partial charge in [0.25, 0.3) is 5.91 Å². The van der Waals surface area contributed by atoms with Crippen LogP contribution in [0.1, 0.15) is 40.9 Å². The highest BCUT2D eigenvalue weighted by molar-refractivity contribution is 7.10. The van der Waals surface area contributed by atoms with E-state index in [1.807, 2.05) is 16.3 Å². The van der Waals surface area contributed by atoms with Crippen LogP contribution in [0.15, 0.2) is 11.4 Å². The van der Waals surface area contributed by atoms with Gasteiger partial charge in [-0.15, -0.1) is 11.3 Å². The first-order valence-electron chi connectivity index (χ1n) is 6.97. The Morgan fingerprint density at radius 3 is 2.80 bits per heavy atom. The number of aliphatic hydroxyl groups excluding tert-OH is 1. The molecule has 1 aromatic heterocycles. The van der Waals surface area contributed by atoms with Crippen LogP contribution in [0.2, 0.25) is 0 Å². The number of aliphatic hydroxyl groups is 1. The Bertz CT molecular complexity index is 558. The van der Waals surface area contributed by atoms with Crippen molar-refractivity contribution in [1.82, 2.24) is 4.90 Å². The molecule has 0 aromatic carbocycles. The van der Waals surface area contributed by atoms with Gasteiger partial charge in [0.1, 0.15) is 0 Å². The maximum Gasteiger partial charge on any atom is 0.255 e. The minimum Gasteiger partial charge on any atom is -0.393 e. The van der Waals surface area contributed by atoms with Crippen molar-refractivity contribution < 1.29 is 9.90 Å². The zero-order valence-corrected chi connectivity index (χ0v) is 12.0. The lowest BCUT2D eigenvalue weighted by atomic mass is 9.99. The maximum atomic E-state index is 12.6. The number of nitrogens with zero attached hydrogens (tertiary/aromatic N) is 1. The summed E-state index contributed by atoms with van der Waals surface area (Å²) < 4.78 is 0. The summed E-state index contributed by atoms with van der Waals surface area (Å²) in [7, 11) is 0. The molecule has 3 heterocycles. The second-order valence-electron chi connectivity index (χ2n) is 5.43. The van der Waals surface area contributed by atoms with Crippen molar-refractivity contribution in [2.75, 3.05) is 6.54 Å². The predicted octanol–water partition coefficient (Wildman–Crippen LogP) is 1.19. The zero-order valence-electron chi connectivity index (χ0n) is 11.2. The number of carbonyl (C=O) groups is 1. The van der Waals surface area contributed by atoms with E-state index in [0.29, 0.717) is 24.9 Å². The van der Waals surface area contributed by atoms with Crippen molar-refractivity contribution in [3.8, 4) is 11.8 Å². The third-order valence-electron chi connectivity index (χ3n) is 4.10. The van der Waals surface area contributed by atoms with Gasteiger partial charge in [-0.3, -0.25) is 4.79 Å². The Labute approximate surface area is 122 Å². The molecule has 106 valence electrons. The van der Waals surface area contributed by atoms with Gasteiger partial charge in [0, 0.05) is 17.5 Å². The van der Waals surface area contributed by atoms with Crippen molar-refractivity contribution in [3.63, 3.8) is 0 Å². The van der Waals surface area contributed by atoms with E-state index >= 15 is 0 Å². The Balaban J connectivity index is 1.78. The first-order chi connectivity index (χ1) is 9.69. The van der Waals surface area contributed by atoms with Gasteiger partial charge >= 0.3 is 0 Å². The molecule has 2 saturated heterocycles. The van der Waals surface area contributed by atoms with Crippen LogP contribution < -0.4 is 5.73 Å². The van der Waals surface area contributed by atoms with E-state index in [9.17, 15) is 9.90 Å². The lowest BCUT2D eigenvalue weighted by molar-refractivity contribution is 0.0287. The number of hydrogen-bond donors (Lipinski definition) is 2. The van der Waals surface area contributed by atoms with Crippen LogP contribution in [0.4, 0.5) is 0 Å². The molecule has 20 heavy (non-hydrogen) atoms. The highest BCUT2D eigenvalue weighted by Crippen LogP contribution is 2.37. The molecule has 2 unspecified atom stereocenters. The van der Waals surface area contributed by atoms with E-state index < -0.39 is 0 Å². The van der Waals surface area contributed by atoms with E-state index in [0.717, 1.165) is 17.7 Å². The van der Waals surface area contributed by atoms with Crippen LogP contribution in [-0.4, -0.2) is 40.6 Å². The standard InChI is InChI=1S/C15H18N2O2S/c16-5-1-2-14-6-10(9-20-14)15(19)17-11-3-4-12(17)8-13(18)7-11/h6,9,11-13,18H,3-5,7-8,16H2. The molecule has 1 amide bonds. The fourth-order valence-electron chi connectivity index (χ4n) is 3.28. The molecule has 2 atom stereocenters. The van der Waals surface area contributed by atoms with E-state index in [4.69, 9.17) is 5.73 Å². The first kappa shape index (κ1) is 13.6. The second-order valence-corrected chi connectivity index (χ2v) is 6.34. The van der Waals surface area contributed by atoms with Crippen LogP contribution in [0.25, 0.3) is 0 Å². The average molecular weight is 290 g/mol. The normalized spacial score (nSPS) is 28.1. The second kappa shape index (κ2) is 5.57. The number of hydrogen-bond acceptors (Lipinski definition) is 4. The summed E-state index contributed by atoms with van der Waals surface area (Å²) in [4.78, 5) is 15.5. The zero-order chi connectivity index (χ0) is 14.1. The highest BCUT2D eigenvalue weighted by Gasteiger charge is 2.43. The molecule has 0 spiro atoms. The lowest BCUT2D eigenvalue weighted by Crippen LogP contribution is -2.47. The lowest BCUT2D eigenvalue weighted by Gasteiger charge is -2.37. The van der Waals surface area contributed by atoms with Gasteiger partial charge < -0.3 is 15.7 Å². The molecule has 4 nitrogen and oxygen atoms in total. The predicted molar refractivity (Wildman–Crippen MR) is 78.5 cm³/mol. The van der Waals surface area contributed by atoms with Crippen LogP contribution >= 0.6 is 11.3 Å². The van der Waals surface area contributed by atoms with Gasteiger partial charge in [0.05, 0.1) is 23.1 Å². The van der Waals surface area contributed by atoms with Gasteiger partial charge in [-0.2, -0.15) is 0 Å². The summed E-state index contributed by atoms with van der Waals surface area (Å²) in [5.41, 5.74) is 6.06. The Morgan fingerprint density at radius 2 is 2.15 bits per heavy atom. The topological polar surface area (TPSA) is 66.6 Å². The molecule has 2 aliphatic heterocycles. The first-order valence-corrected chi connectivity index (χ1v) is 7.85. The van der Waals surface area contributed by atoms with Crippen LogP contribution in [0, 0.1) is 11.8 Å². The monoisotopic (exact) mass is 290 g/mol. The maximum absolute atomic E-state index is 12.6. The minimum absolute atomic E-state index is 0.0847. The summed E-state index contributed by atoms with van der Waals surface area (Å²) >= 11 is 1.48. The van der Waals surface area contributed by atoms with Gasteiger partial charge in [0.2, 0.25) is 0 Å². The fourth-order valence-corrected chi connectivity index (χ4v) is 4.03. The molecule has 1 aromatic rings. The van der Waals surface area contributed by atoms with Crippen molar-refractivity contribution in [2.45, 2.75) is 43.9 Å². The van der Waals surface area contributed by atoms with Gasteiger partial charge in [-0.25, -0.2) is 0 Å². The smallest absolute Gasteiger partial charge is 0.255 e. The average Bonchev–Trinajstić information content (AvgIpc) is 2.99. The van der Waals surface area contributed by atoms with Crippen molar-refractivity contribution in [1.29, 1.82) is 0 Å². The fraction of sp³-hybridized carbons (Fsp3) is 0.533. The molecule has 0 saturated carbocycles. The van der Waals surface area contributed by atoms with E-state index in [-0.39, 0.29) is 24.1 Å². The third-order valence-corrected chi connectivity index (χ3v) is 4.95. The summed E-state index contributed by atoms with van der Waals surface area (Å²) in [6.07, 6.45) is 3.21. The number of thiophene rings is 1. The molecular formula is C15H18N2O2S. The molecule has 2 aliphatic rings. The van der Waals surface area contributed by atoms with Crippen LogP contribution in [0.5, 0.6) is 0 Å². The molecule has 3 rings (SSSR count). The van der Waals surface area contributed by atoms with Gasteiger partial charge in [0.15, 0.2) is 0 Å². The molecule has 2 bridgehead atoms. The quantitative estimate of drug-likeness (QED) is 0.763. The number of nitrogens with two attached hydrogens (primary N) is 1. The summed E-state index contributed by atoms with van der Waals surface area (Å²) in [5, 5.41) is 11.7. The number of piperidine rings is 1. The Hall–Kier alpha value is -1.35. The Morgan fingerprint density at radius 1 is 1.45 bits per heavy atom. The summed E-state index contributed by atoms with van der Waals surface area (Å²) in [5.74, 6) is 5.85. The minimum atomic E-state index is -0.245. The van der Waals surface area contributed by atoms with E-state index in [1.54, 1.807) is 0 Å². The summed E-state index contributed by atoms with van der Waals surface area (Å²) in [6, 6.07) is 2.25. The number of fused-ring (bicyclic) bond motifs is 2. The van der Waals surface area contributed by atoms with Crippen molar-refractivity contribution >= 4 is 17.2 Å². The molecule has 3 N–H and O–H groups in total. The van der Waals surface area contributed by atoms with Crippen LogP contribution in [-0.2, 0) is 0 Å². The number of rotatable bonds is 1. The van der Waals surface area contributed by atoms with E-state index in [1.165, 1.54) is 11.3 Å². The molecule has 0 radical (unpaired) electrons. The van der Waals surface area contributed by atoms with Gasteiger partial charge in [-0.1, -0.05) is 11.8 Å². The summed E-state index contributed by atoms with van der Waals surface area (Å²) in [6.45, 7) is 0.329. The van der Waals surface area contributed by atoms with E-state index in [2.05, 4.69) is 11.8 Å². The molecular weight excluding hydrogens is 272 g/mol. The third kappa shape index (κ3) is 2.47. The highest BCUT2D eigenvalue weighted by atomic mass is 32.1. The SMILES string of the molecule is NCC#Cc1cc(C(=O)N2C3CCC2CC(O)C3)cs1. The van der Waals surface area contributed by atoms with Crippen LogP contribution in [0.3, 0.4) is 0 Å².